The zero-order valence-electron chi connectivity index (χ0n) is 15.9. The molecule has 0 atom stereocenters. The number of anilines is 1. The van der Waals surface area contributed by atoms with Gasteiger partial charge in [0, 0.05) is 36.1 Å². The van der Waals surface area contributed by atoms with E-state index in [2.05, 4.69) is 4.90 Å². The largest absolute Gasteiger partial charge is 0.379 e. The summed E-state index contributed by atoms with van der Waals surface area (Å²) in [6.07, 6.45) is 0. The first-order chi connectivity index (χ1) is 14.2. The van der Waals surface area contributed by atoms with Crippen molar-refractivity contribution in [3.05, 3.63) is 53.6 Å². The molecule has 0 saturated carbocycles. The first kappa shape index (κ1) is 20.6. The highest BCUT2D eigenvalue weighted by Crippen LogP contribution is 2.31. The number of carbonyl (C=O) groups is 1. The molecule has 1 amide bonds. The van der Waals surface area contributed by atoms with Gasteiger partial charge in [0.15, 0.2) is 5.13 Å². The molecular weight excluding hydrogens is 426 g/mol. The molecule has 1 aromatic heterocycles. The van der Waals surface area contributed by atoms with Gasteiger partial charge in [-0.2, -0.15) is 0 Å². The number of nitrogens with zero attached hydrogens (tertiary/aromatic N) is 3. The predicted molar refractivity (Wildman–Crippen MR) is 121 cm³/mol. The maximum atomic E-state index is 13.1. The molecule has 0 aliphatic carbocycles. The van der Waals surface area contributed by atoms with E-state index in [-0.39, 0.29) is 5.91 Å². The number of amides is 1. The van der Waals surface area contributed by atoms with Gasteiger partial charge in [0.25, 0.3) is 0 Å². The maximum Gasteiger partial charge on any atom is 0.239 e. The van der Waals surface area contributed by atoms with Crippen LogP contribution < -0.4 is 4.90 Å². The van der Waals surface area contributed by atoms with E-state index in [4.69, 9.17) is 21.3 Å². The number of aromatic nitrogens is 1. The molecule has 8 heteroatoms. The number of thioether (sulfide) groups is 1. The van der Waals surface area contributed by atoms with Crippen LogP contribution in [0.4, 0.5) is 5.13 Å². The van der Waals surface area contributed by atoms with Crippen LogP contribution >= 0.6 is 34.7 Å². The van der Waals surface area contributed by atoms with E-state index in [0.717, 1.165) is 53.1 Å². The zero-order valence-corrected chi connectivity index (χ0v) is 18.3. The van der Waals surface area contributed by atoms with Gasteiger partial charge in [-0.25, -0.2) is 4.98 Å². The van der Waals surface area contributed by atoms with Gasteiger partial charge >= 0.3 is 0 Å². The number of morpholine rings is 1. The Morgan fingerprint density at radius 3 is 2.79 bits per heavy atom. The number of rotatable bonds is 7. The van der Waals surface area contributed by atoms with Crippen molar-refractivity contribution in [3.8, 4) is 0 Å². The van der Waals surface area contributed by atoms with Gasteiger partial charge in [-0.1, -0.05) is 41.1 Å². The van der Waals surface area contributed by atoms with E-state index in [9.17, 15) is 4.79 Å². The molecular formula is C21H22ClN3O2S2. The Bertz CT molecular complexity index is 961. The monoisotopic (exact) mass is 447 g/mol. The van der Waals surface area contributed by atoms with Gasteiger partial charge in [0.2, 0.25) is 5.91 Å². The fourth-order valence-electron chi connectivity index (χ4n) is 3.13. The Balaban J connectivity index is 1.51. The SMILES string of the molecule is O=C(CSc1ccccc1)N(CCN1CCOCC1)c1nc2ccc(Cl)cc2s1. The van der Waals surface area contributed by atoms with E-state index >= 15 is 0 Å². The molecule has 0 unspecified atom stereocenters. The van der Waals surface area contributed by atoms with E-state index < -0.39 is 0 Å². The number of benzene rings is 2. The number of ether oxygens (including phenoxy) is 1. The molecule has 2 aromatic carbocycles. The van der Waals surface area contributed by atoms with Crippen molar-refractivity contribution in [2.45, 2.75) is 4.90 Å². The smallest absolute Gasteiger partial charge is 0.239 e. The second-order valence-electron chi connectivity index (χ2n) is 6.71. The zero-order chi connectivity index (χ0) is 20.1. The first-order valence-corrected chi connectivity index (χ1v) is 11.7. The Hall–Kier alpha value is -1.64. The van der Waals surface area contributed by atoms with E-state index in [1.54, 1.807) is 11.8 Å². The van der Waals surface area contributed by atoms with Crippen LogP contribution in [0.2, 0.25) is 5.02 Å². The molecule has 0 bridgehead atoms. The van der Waals surface area contributed by atoms with Crippen LogP contribution in [-0.4, -0.2) is 60.9 Å². The molecule has 4 rings (SSSR count). The molecule has 3 aromatic rings. The Labute approximate surface area is 183 Å². The van der Waals surface area contributed by atoms with Gasteiger partial charge in [-0.15, -0.1) is 11.8 Å². The molecule has 0 radical (unpaired) electrons. The standard InChI is InChI=1S/C21H22ClN3O2S2/c22-16-6-7-18-19(14-16)29-21(23-18)25(9-8-24-10-12-27-13-11-24)20(26)15-28-17-4-2-1-3-5-17/h1-7,14H,8-13,15H2. The van der Waals surface area contributed by atoms with Gasteiger partial charge in [-0.3, -0.25) is 14.6 Å². The van der Waals surface area contributed by atoms with Crippen LogP contribution in [0.5, 0.6) is 0 Å². The lowest BCUT2D eigenvalue weighted by atomic mass is 10.3. The van der Waals surface area contributed by atoms with Crippen LogP contribution in [0.1, 0.15) is 0 Å². The molecule has 5 nitrogen and oxygen atoms in total. The summed E-state index contributed by atoms with van der Waals surface area (Å²) < 4.78 is 6.42. The van der Waals surface area contributed by atoms with Crippen LogP contribution in [-0.2, 0) is 9.53 Å². The number of fused-ring (bicyclic) bond motifs is 1. The lowest BCUT2D eigenvalue weighted by molar-refractivity contribution is -0.116. The highest BCUT2D eigenvalue weighted by Gasteiger charge is 2.21. The first-order valence-electron chi connectivity index (χ1n) is 9.53. The highest BCUT2D eigenvalue weighted by atomic mass is 35.5. The summed E-state index contributed by atoms with van der Waals surface area (Å²) in [4.78, 5) is 23.1. The minimum atomic E-state index is 0.0669. The van der Waals surface area contributed by atoms with Crippen molar-refractivity contribution in [2.75, 3.05) is 50.0 Å². The number of carbonyl (C=O) groups excluding carboxylic acids is 1. The third-order valence-electron chi connectivity index (χ3n) is 4.72. The van der Waals surface area contributed by atoms with Crippen LogP contribution in [0, 0.1) is 0 Å². The third-order valence-corrected chi connectivity index (χ3v) is 6.99. The number of hydrogen-bond acceptors (Lipinski definition) is 6. The third kappa shape index (κ3) is 5.49. The average Bonchev–Trinajstić information content (AvgIpc) is 3.16. The quantitative estimate of drug-likeness (QED) is 0.502. The van der Waals surface area contributed by atoms with Gasteiger partial charge in [-0.05, 0) is 30.3 Å². The lowest BCUT2D eigenvalue weighted by Gasteiger charge is -2.29. The van der Waals surface area contributed by atoms with Crippen molar-refractivity contribution in [1.82, 2.24) is 9.88 Å². The van der Waals surface area contributed by atoms with Crippen LogP contribution in [0.15, 0.2) is 53.4 Å². The second kappa shape index (κ2) is 9.91. The normalized spacial score (nSPS) is 14.9. The number of halogens is 1. The molecule has 29 heavy (non-hydrogen) atoms. The summed E-state index contributed by atoms with van der Waals surface area (Å²) in [5, 5.41) is 1.41. The summed E-state index contributed by atoms with van der Waals surface area (Å²) >= 11 is 9.19. The van der Waals surface area contributed by atoms with Crippen molar-refractivity contribution in [3.63, 3.8) is 0 Å². The van der Waals surface area contributed by atoms with Gasteiger partial charge in [0.05, 0.1) is 29.2 Å². The minimum absolute atomic E-state index is 0.0669. The Morgan fingerprint density at radius 2 is 2.00 bits per heavy atom. The predicted octanol–water partition coefficient (Wildman–Crippen LogP) is 4.41. The topological polar surface area (TPSA) is 45.7 Å². The van der Waals surface area contributed by atoms with Crippen molar-refractivity contribution >= 4 is 56.0 Å². The van der Waals surface area contributed by atoms with Crippen LogP contribution in [0.25, 0.3) is 10.2 Å². The summed E-state index contributed by atoms with van der Waals surface area (Å²) in [6, 6.07) is 15.6. The van der Waals surface area contributed by atoms with Crippen molar-refractivity contribution < 1.29 is 9.53 Å². The average molecular weight is 448 g/mol. The Kier molecular flexibility index (Phi) is 7.05. The Morgan fingerprint density at radius 1 is 1.21 bits per heavy atom. The summed E-state index contributed by atoms with van der Waals surface area (Å²) in [5.41, 5.74) is 0.870. The summed E-state index contributed by atoms with van der Waals surface area (Å²) in [6.45, 7) is 4.71. The fraction of sp³-hybridized carbons (Fsp3) is 0.333. The van der Waals surface area contributed by atoms with E-state index in [1.807, 2.05) is 53.4 Å². The summed E-state index contributed by atoms with van der Waals surface area (Å²) in [5.74, 6) is 0.446. The van der Waals surface area contributed by atoms with Gasteiger partial charge in [0.1, 0.15) is 0 Å². The summed E-state index contributed by atoms with van der Waals surface area (Å²) in [7, 11) is 0. The molecule has 1 saturated heterocycles. The number of thiazole rings is 1. The second-order valence-corrected chi connectivity index (χ2v) is 9.20. The molecule has 0 spiro atoms. The highest BCUT2D eigenvalue weighted by molar-refractivity contribution is 8.00. The number of hydrogen-bond donors (Lipinski definition) is 0. The molecule has 1 aliphatic heterocycles. The fourth-order valence-corrected chi connectivity index (χ4v) is 5.22. The van der Waals surface area contributed by atoms with Crippen LogP contribution in [0.3, 0.4) is 0 Å². The van der Waals surface area contributed by atoms with Crippen molar-refractivity contribution in [1.29, 1.82) is 0 Å². The molecule has 152 valence electrons. The molecule has 1 fully saturated rings. The molecule has 0 N–H and O–H groups in total. The minimum Gasteiger partial charge on any atom is -0.379 e. The van der Waals surface area contributed by atoms with Crippen molar-refractivity contribution in [2.24, 2.45) is 0 Å². The molecule has 1 aliphatic rings. The van der Waals surface area contributed by atoms with Gasteiger partial charge < -0.3 is 4.74 Å². The van der Waals surface area contributed by atoms with E-state index in [0.29, 0.717) is 17.3 Å². The molecule has 2 heterocycles. The maximum absolute atomic E-state index is 13.1. The lowest BCUT2D eigenvalue weighted by Crippen LogP contribution is -2.43. The van der Waals surface area contributed by atoms with E-state index in [1.165, 1.54) is 11.3 Å².